The number of hydrogen-bond acceptors (Lipinski definition) is 3. The van der Waals surface area contributed by atoms with E-state index in [1.165, 1.54) is 17.0 Å². The molecule has 2 aromatic rings. The number of alkyl halides is 2. The van der Waals surface area contributed by atoms with Crippen molar-refractivity contribution in [1.82, 2.24) is 4.90 Å². The van der Waals surface area contributed by atoms with Gasteiger partial charge in [0.2, 0.25) is 9.84 Å². The molecule has 0 saturated carbocycles. The number of hydrogen-bond donors (Lipinski definition) is 0. The van der Waals surface area contributed by atoms with Gasteiger partial charge in [0.25, 0.3) is 5.91 Å². The van der Waals surface area contributed by atoms with Gasteiger partial charge in [0.05, 0.1) is 10.9 Å². The molecule has 0 aliphatic carbocycles. The van der Waals surface area contributed by atoms with Crippen molar-refractivity contribution in [3.8, 4) is 0 Å². The largest absolute Gasteiger partial charge is 0.341 e. The third-order valence-electron chi connectivity index (χ3n) is 3.85. The highest BCUT2D eigenvalue weighted by Crippen LogP contribution is 2.22. The molecule has 1 amide bonds. The standard InChI is InChI=1S/C17H17F2NO3S/c1-12(13-6-4-3-5-7-13)20(2)16(21)14-8-10-15(11-9-14)24(22,23)17(18)19/h3-12,17H,1-2H3/t12-/m0/s1. The molecular formula is C17H17F2NO3S. The first-order valence-corrected chi connectivity index (χ1v) is 8.74. The molecule has 0 aliphatic heterocycles. The first kappa shape index (κ1) is 18.1. The smallest absolute Gasteiger partial charge is 0.335 e. The van der Waals surface area contributed by atoms with Crippen LogP contribution in [0.1, 0.15) is 28.9 Å². The summed E-state index contributed by atoms with van der Waals surface area (Å²) in [6, 6.07) is 13.7. The molecule has 2 rings (SSSR count). The summed E-state index contributed by atoms with van der Waals surface area (Å²) < 4.78 is 47.8. The van der Waals surface area contributed by atoms with Crippen LogP contribution in [-0.2, 0) is 9.84 Å². The summed E-state index contributed by atoms with van der Waals surface area (Å²) in [5.41, 5.74) is 1.18. The summed E-state index contributed by atoms with van der Waals surface area (Å²) in [6.45, 7) is 1.86. The SMILES string of the molecule is C[C@@H](c1ccccc1)N(C)C(=O)c1ccc(S(=O)(=O)C(F)F)cc1. The average Bonchev–Trinajstić information content (AvgIpc) is 2.60. The predicted octanol–water partition coefficient (Wildman–Crippen LogP) is 3.52. The molecule has 24 heavy (non-hydrogen) atoms. The topological polar surface area (TPSA) is 54.5 Å². The molecule has 0 bridgehead atoms. The molecule has 0 spiro atoms. The molecule has 7 heteroatoms. The third-order valence-corrected chi connectivity index (χ3v) is 5.25. The molecule has 0 radical (unpaired) electrons. The fraction of sp³-hybridized carbons (Fsp3) is 0.235. The van der Waals surface area contributed by atoms with Gasteiger partial charge >= 0.3 is 5.76 Å². The van der Waals surface area contributed by atoms with Crippen LogP contribution in [-0.4, -0.2) is 32.0 Å². The summed E-state index contributed by atoms with van der Waals surface area (Å²) >= 11 is 0. The lowest BCUT2D eigenvalue weighted by molar-refractivity contribution is 0.0742. The monoisotopic (exact) mass is 353 g/mol. The number of halogens is 2. The second-order valence-corrected chi connectivity index (χ2v) is 7.25. The molecular weight excluding hydrogens is 336 g/mol. The Balaban J connectivity index is 2.21. The van der Waals surface area contributed by atoms with Crippen molar-refractivity contribution in [2.45, 2.75) is 23.6 Å². The first-order valence-electron chi connectivity index (χ1n) is 7.19. The molecule has 0 unspecified atom stereocenters. The van der Waals surface area contributed by atoms with Crippen molar-refractivity contribution in [3.05, 3.63) is 65.7 Å². The van der Waals surface area contributed by atoms with Gasteiger partial charge in [0.1, 0.15) is 0 Å². The average molecular weight is 353 g/mol. The lowest BCUT2D eigenvalue weighted by Gasteiger charge is -2.25. The van der Waals surface area contributed by atoms with E-state index in [4.69, 9.17) is 0 Å². The molecule has 0 aliphatic rings. The van der Waals surface area contributed by atoms with Crippen LogP contribution in [0.4, 0.5) is 8.78 Å². The minimum Gasteiger partial charge on any atom is -0.335 e. The summed E-state index contributed by atoms with van der Waals surface area (Å²) in [5, 5.41) is 0. The van der Waals surface area contributed by atoms with E-state index in [0.717, 1.165) is 17.7 Å². The summed E-state index contributed by atoms with van der Waals surface area (Å²) in [5.74, 6) is -3.81. The van der Waals surface area contributed by atoms with Crippen LogP contribution in [0.25, 0.3) is 0 Å². The molecule has 0 saturated heterocycles. The van der Waals surface area contributed by atoms with Crippen molar-refractivity contribution in [1.29, 1.82) is 0 Å². The maximum absolute atomic E-state index is 12.5. The van der Waals surface area contributed by atoms with Crippen molar-refractivity contribution < 1.29 is 22.0 Å². The first-order chi connectivity index (χ1) is 11.2. The maximum atomic E-state index is 12.5. The number of carbonyl (C=O) groups excluding carboxylic acids is 1. The van der Waals surface area contributed by atoms with Crippen LogP contribution >= 0.6 is 0 Å². The molecule has 0 heterocycles. The zero-order valence-corrected chi connectivity index (χ0v) is 14.0. The number of sulfone groups is 1. The highest BCUT2D eigenvalue weighted by Gasteiger charge is 2.27. The van der Waals surface area contributed by atoms with Gasteiger partial charge in [-0.15, -0.1) is 0 Å². The van der Waals surface area contributed by atoms with Gasteiger partial charge in [-0.05, 0) is 36.8 Å². The Hall–Kier alpha value is -2.28. The van der Waals surface area contributed by atoms with E-state index in [9.17, 15) is 22.0 Å². The van der Waals surface area contributed by atoms with Gasteiger partial charge in [-0.25, -0.2) is 8.42 Å². The quantitative estimate of drug-likeness (QED) is 0.826. The van der Waals surface area contributed by atoms with E-state index in [2.05, 4.69) is 0 Å². The van der Waals surface area contributed by atoms with E-state index in [1.54, 1.807) is 7.05 Å². The molecule has 2 aromatic carbocycles. The summed E-state index contributed by atoms with van der Waals surface area (Å²) in [4.78, 5) is 13.5. The lowest BCUT2D eigenvalue weighted by Crippen LogP contribution is -2.29. The van der Waals surface area contributed by atoms with E-state index >= 15 is 0 Å². The van der Waals surface area contributed by atoms with Crippen LogP contribution in [0.3, 0.4) is 0 Å². The van der Waals surface area contributed by atoms with Crippen LogP contribution in [0.5, 0.6) is 0 Å². The van der Waals surface area contributed by atoms with Crippen LogP contribution in [0, 0.1) is 0 Å². The third kappa shape index (κ3) is 3.62. The fourth-order valence-corrected chi connectivity index (χ4v) is 2.95. The Labute approximate surface area is 139 Å². The molecule has 0 aromatic heterocycles. The Morgan fingerprint density at radius 2 is 1.54 bits per heavy atom. The van der Waals surface area contributed by atoms with E-state index in [1.807, 2.05) is 37.3 Å². The van der Waals surface area contributed by atoms with Gasteiger partial charge in [0, 0.05) is 12.6 Å². The van der Waals surface area contributed by atoms with Crippen LogP contribution in [0.15, 0.2) is 59.5 Å². The minimum atomic E-state index is -4.66. The zero-order chi connectivity index (χ0) is 17.9. The van der Waals surface area contributed by atoms with Gasteiger partial charge in [-0.3, -0.25) is 4.79 Å². The Morgan fingerprint density at radius 3 is 2.04 bits per heavy atom. The Kier molecular flexibility index (Phi) is 5.33. The molecule has 1 atom stereocenters. The molecule has 0 fully saturated rings. The van der Waals surface area contributed by atoms with Gasteiger partial charge in [0.15, 0.2) is 0 Å². The highest BCUT2D eigenvalue weighted by atomic mass is 32.2. The molecule has 0 N–H and O–H groups in total. The van der Waals surface area contributed by atoms with E-state index < -0.39 is 20.5 Å². The number of benzene rings is 2. The second kappa shape index (κ2) is 7.09. The number of amides is 1. The fourth-order valence-electron chi connectivity index (χ4n) is 2.22. The van der Waals surface area contributed by atoms with Gasteiger partial charge < -0.3 is 4.90 Å². The van der Waals surface area contributed by atoms with Gasteiger partial charge in [-0.1, -0.05) is 30.3 Å². The minimum absolute atomic E-state index is 0.192. The predicted molar refractivity (Wildman–Crippen MR) is 86.6 cm³/mol. The Morgan fingerprint density at radius 1 is 1.00 bits per heavy atom. The number of carbonyl (C=O) groups is 1. The summed E-state index contributed by atoms with van der Waals surface area (Å²) in [7, 11) is -3.03. The van der Waals surface area contributed by atoms with Crippen molar-refractivity contribution in [2.75, 3.05) is 7.05 Å². The normalized spacial score (nSPS) is 12.9. The van der Waals surface area contributed by atoms with Crippen molar-refractivity contribution in [2.24, 2.45) is 0 Å². The lowest BCUT2D eigenvalue weighted by atomic mass is 10.1. The molecule has 4 nitrogen and oxygen atoms in total. The van der Waals surface area contributed by atoms with Crippen LogP contribution < -0.4 is 0 Å². The highest BCUT2D eigenvalue weighted by molar-refractivity contribution is 7.91. The Bertz CT molecular complexity index is 805. The van der Waals surface area contributed by atoms with Gasteiger partial charge in [-0.2, -0.15) is 8.78 Å². The summed E-state index contributed by atoms with van der Waals surface area (Å²) in [6.07, 6.45) is 0. The number of nitrogens with zero attached hydrogens (tertiary/aromatic N) is 1. The van der Waals surface area contributed by atoms with Crippen molar-refractivity contribution in [3.63, 3.8) is 0 Å². The maximum Gasteiger partial charge on any atom is 0.341 e. The van der Waals surface area contributed by atoms with E-state index in [-0.39, 0.29) is 17.5 Å². The zero-order valence-electron chi connectivity index (χ0n) is 13.2. The van der Waals surface area contributed by atoms with E-state index in [0.29, 0.717) is 0 Å². The van der Waals surface area contributed by atoms with Crippen LogP contribution in [0.2, 0.25) is 0 Å². The number of rotatable bonds is 5. The second-order valence-electron chi connectivity index (χ2n) is 5.33. The van der Waals surface area contributed by atoms with Crippen molar-refractivity contribution >= 4 is 15.7 Å². The molecule has 128 valence electrons.